The molecule has 0 aliphatic carbocycles. The molecular weight excluding hydrogens is 276 g/mol. The van der Waals surface area contributed by atoms with Crippen molar-refractivity contribution in [2.75, 3.05) is 57.4 Å². The van der Waals surface area contributed by atoms with Crippen molar-refractivity contribution >= 4 is 22.7 Å². The molecule has 0 unspecified atom stereocenters. The molecule has 1 aliphatic rings. The molecule has 1 aliphatic heterocycles. The number of benzene rings is 1. The van der Waals surface area contributed by atoms with Gasteiger partial charge in [-0.1, -0.05) is 12.1 Å². The number of rotatable bonds is 5. The average Bonchev–Trinajstić information content (AvgIpc) is 2.53. The van der Waals surface area contributed by atoms with Gasteiger partial charge in [0.15, 0.2) is 11.6 Å². The normalized spacial score (nSPS) is 17.0. The van der Waals surface area contributed by atoms with Crippen LogP contribution < -0.4 is 11.1 Å². The van der Waals surface area contributed by atoms with E-state index in [4.69, 9.17) is 5.73 Å². The Kier molecular flexibility index (Phi) is 4.70. The summed E-state index contributed by atoms with van der Waals surface area (Å²) in [6.45, 7) is 6.63. The second-order valence-corrected chi connectivity index (χ2v) is 5.87. The molecule has 3 N–H and O–H groups in total. The second-order valence-electron chi connectivity index (χ2n) is 5.87. The standard InChI is InChI=1S/C16H24N6/c1-21-9-11-22(12-10-21)8-4-7-18-16-15(17)19-13-5-2-3-6-14(13)20-16/h2-3,5-6H,4,7-12H2,1H3,(H2,17,19)(H,18,20). The minimum atomic E-state index is 0.471. The SMILES string of the molecule is CN1CCN(CCCNc2nc3ccccc3nc2N)CC1. The first kappa shape index (κ1) is 15.0. The monoisotopic (exact) mass is 300 g/mol. The van der Waals surface area contributed by atoms with E-state index in [2.05, 4.69) is 32.1 Å². The fourth-order valence-corrected chi connectivity index (χ4v) is 2.72. The fraction of sp³-hybridized carbons (Fsp3) is 0.500. The molecule has 0 radical (unpaired) electrons. The highest BCUT2D eigenvalue weighted by Gasteiger charge is 2.13. The van der Waals surface area contributed by atoms with Gasteiger partial charge in [0.25, 0.3) is 0 Å². The number of anilines is 2. The Labute approximate surface area is 131 Å². The number of nitrogens with two attached hydrogens (primary N) is 1. The van der Waals surface area contributed by atoms with Crippen LogP contribution >= 0.6 is 0 Å². The van der Waals surface area contributed by atoms with Crippen LogP contribution in [0.25, 0.3) is 11.0 Å². The first-order chi connectivity index (χ1) is 10.7. The van der Waals surface area contributed by atoms with Crippen LogP contribution in [-0.4, -0.2) is 66.1 Å². The third-order valence-corrected chi connectivity index (χ3v) is 4.14. The lowest BCUT2D eigenvalue weighted by Gasteiger charge is -2.32. The Morgan fingerprint density at radius 1 is 1.09 bits per heavy atom. The van der Waals surface area contributed by atoms with Gasteiger partial charge in [-0.2, -0.15) is 0 Å². The van der Waals surface area contributed by atoms with Crippen LogP contribution in [0.3, 0.4) is 0 Å². The van der Waals surface area contributed by atoms with Crippen LogP contribution in [0.5, 0.6) is 0 Å². The van der Waals surface area contributed by atoms with E-state index in [1.807, 2.05) is 24.3 Å². The molecule has 0 atom stereocenters. The molecule has 0 amide bonds. The second kappa shape index (κ2) is 6.89. The zero-order chi connectivity index (χ0) is 15.4. The van der Waals surface area contributed by atoms with Crippen LogP contribution in [0.2, 0.25) is 0 Å². The maximum absolute atomic E-state index is 5.97. The van der Waals surface area contributed by atoms with Crippen molar-refractivity contribution in [2.24, 2.45) is 0 Å². The number of fused-ring (bicyclic) bond motifs is 1. The van der Waals surface area contributed by atoms with E-state index >= 15 is 0 Å². The van der Waals surface area contributed by atoms with Crippen molar-refractivity contribution in [3.8, 4) is 0 Å². The van der Waals surface area contributed by atoms with Crippen LogP contribution in [0.15, 0.2) is 24.3 Å². The molecule has 1 saturated heterocycles. The number of hydrogen-bond donors (Lipinski definition) is 2. The van der Waals surface area contributed by atoms with Crippen molar-refractivity contribution in [1.82, 2.24) is 19.8 Å². The minimum Gasteiger partial charge on any atom is -0.381 e. The Morgan fingerprint density at radius 2 is 1.77 bits per heavy atom. The third kappa shape index (κ3) is 3.64. The van der Waals surface area contributed by atoms with Crippen molar-refractivity contribution in [2.45, 2.75) is 6.42 Å². The lowest BCUT2D eigenvalue weighted by Crippen LogP contribution is -2.44. The minimum absolute atomic E-state index is 0.471. The van der Waals surface area contributed by atoms with Gasteiger partial charge >= 0.3 is 0 Å². The van der Waals surface area contributed by atoms with Gasteiger partial charge in [-0.25, -0.2) is 9.97 Å². The summed E-state index contributed by atoms with van der Waals surface area (Å²) < 4.78 is 0. The Hall–Kier alpha value is -1.92. The number of likely N-dealkylation sites (N-methyl/N-ethyl adjacent to an activating group) is 1. The number of nitrogens with one attached hydrogen (secondary N) is 1. The molecule has 6 heteroatoms. The zero-order valence-corrected chi connectivity index (χ0v) is 13.1. The summed E-state index contributed by atoms with van der Waals surface area (Å²) in [5.74, 6) is 1.16. The predicted octanol–water partition coefficient (Wildman–Crippen LogP) is 1.26. The Morgan fingerprint density at radius 3 is 2.50 bits per heavy atom. The van der Waals surface area contributed by atoms with E-state index in [1.54, 1.807) is 0 Å². The topological polar surface area (TPSA) is 70.3 Å². The highest BCUT2D eigenvalue weighted by atomic mass is 15.2. The molecule has 22 heavy (non-hydrogen) atoms. The average molecular weight is 300 g/mol. The molecule has 118 valence electrons. The molecule has 3 rings (SSSR count). The molecule has 1 aromatic heterocycles. The summed E-state index contributed by atoms with van der Waals surface area (Å²) in [4.78, 5) is 13.8. The zero-order valence-electron chi connectivity index (χ0n) is 13.1. The summed E-state index contributed by atoms with van der Waals surface area (Å²) in [6, 6.07) is 7.79. The van der Waals surface area contributed by atoms with E-state index < -0.39 is 0 Å². The molecule has 1 fully saturated rings. The van der Waals surface area contributed by atoms with Gasteiger partial charge in [0, 0.05) is 32.7 Å². The van der Waals surface area contributed by atoms with Gasteiger partial charge in [0.05, 0.1) is 11.0 Å². The lowest BCUT2D eigenvalue weighted by molar-refractivity contribution is 0.154. The molecule has 0 spiro atoms. The Balaban J connectivity index is 1.50. The van der Waals surface area contributed by atoms with Gasteiger partial charge in [0.2, 0.25) is 0 Å². The van der Waals surface area contributed by atoms with Gasteiger partial charge in [-0.3, -0.25) is 0 Å². The number of piperazine rings is 1. The number of hydrogen-bond acceptors (Lipinski definition) is 6. The van der Waals surface area contributed by atoms with E-state index in [9.17, 15) is 0 Å². The van der Waals surface area contributed by atoms with E-state index in [-0.39, 0.29) is 0 Å². The first-order valence-electron chi connectivity index (χ1n) is 7.89. The van der Waals surface area contributed by atoms with Gasteiger partial charge in [-0.15, -0.1) is 0 Å². The molecule has 1 aromatic carbocycles. The smallest absolute Gasteiger partial charge is 0.169 e. The molecule has 0 saturated carbocycles. The molecule has 2 heterocycles. The molecule has 0 bridgehead atoms. The fourth-order valence-electron chi connectivity index (χ4n) is 2.72. The Bertz CT molecular complexity index is 621. The van der Waals surface area contributed by atoms with Crippen molar-refractivity contribution in [3.05, 3.63) is 24.3 Å². The summed E-state index contributed by atoms with van der Waals surface area (Å²) in [5.41, 5.74) is 7.68. The number of aromatic nitrogens is 2. The number of para-hydroxylation sites is 2. The van der Waals surface area contributed by atoms with E-state index in [1.165, 1.54) is 0 Å². The molecule has 6 nitrogen and oxygen atoms in total. The largest absolute Gasteiger partial charge is 0.381 e. The number of nitrogens with zero attached hydrogens (tertiary/aromatic N) is 4. The molecule has 2 aromatic rings. The summed E-state index contributed by atoms with van der Waals surface area (Å²) >= 11 is 0. The highest BCUT2D eigenvalue weighted by molar-refractivity contribution is 5.79. The van der Waals surface area contributed by atoms with Crippen LogP contribution in [-0.2, 0) is 0 Å². The third-order valence-electron chi connectivity index (χ3n) is 4.14. The van der Waals surface area contributed by atoms with Crippen molar-refractivity contribution in [1.29, 1.82) is 0 Å². The maximum atomic E-state index is 5.97. The van der Waals surface area contributed by atoms with Gasteiger partial charge < -0.3 is 20.9 Å². The predicted molar refractivity (Wildman–Crippen MR) is 91.0 cm³/mol. The van der Waals surface area contributed by atoms with Crippen LogP contribution in [0, 0.1) is 0 Å². The maximum Gasteiger partial charge on any atom is 0.169 e. The quantitative estimate of drug-likeness (QED) is 0.810. The number of nitrogen functional groups attached to an aromatic ring is 1. The van der Waals surface area contributed by atoms with Gasteiger partial charge in [-0.05, 0) is 32.1 Å². The van der Waals surface area contributed by atoms with E-state index in [0.717, 1.165) is 56.7 Å². The lowest BCUT2D eigenvalue weighted by atomic mass is 10.3. The first-order valence-corrected chi connectivity index (χ1v) is 7.89. The van der Waals surface area contributed by atoms with Crippen LogP contribution in [0.1, 0.15) is 6.42 Å². The van der Waals surface area contributed by atoms with E-state index in [0.29, 0.717) is 11.6 Å². The highest BCUT2D eigenvalue weighted by Crippen LogP contribution is 2.18. The van der Waals surface area contributed by atoms with Crippen LogP contribution in [0.4, 0.5) is 11.6 Å². The molecular formula is C16H24N6. The van der Waals surface area contributed by atoms with Gasteiger partial charge in [0.1, 0.15) is 0 Å². The van der Waals surface area contributed by atoms with Crippen molar-refractivity contribution in [3.63, 3.8) is 0 Å². The summed E-state index contributed by atoms with van der Waals surface area (Å²) in [5, 5.41) is 3.32. The summed E-state index contributed by atoms with van der Waals surface area (Å²) in [7, 11) is 2.18. The summed E-state index contributed by atoms with van der Waals surface area (Å²) in [6.07, 6.45) is 1.08. The van der Waals surface area contributed by atoms with Crippen molar-refractivity contribution < 1.29 is 0 Å².